The highest BCUT2D eigenvalue weighted by Crippen LogP contribution is 2.16. The summed E-state index contributed by atoms with van der Waals surface area (Å²) in [5, 5.41) is 0. The molecule has 2 N–H and O–H groups in total. The van der Waals surface area contributed by atoms with E-state index in [4.69, 9.17) is 5.73 Å². The molecular weight excluding hydrogens is 244 g/mol. The van der Waals surface area contributed by atoms with E-state index in [0.717, 1.165) is 13.1 Å². The first kappa shape index (κ1) is 19.9. The van der Waals surface area contributed by atoms with Gasteiger partial charge in [-0.2, -0.15) is 0 Å². The van der Waals surface area contributed by atoms with Crippen molar-refractivity contribution in [2.75, 3.05) is 26.2 Å². The molecule has 0 aliphatic rings. The maximum Gasteiger partial charge on any atom is 0.00447 e. The fourth-order valence-corrected chi connectivity index (χ4v) is 2.73. The Bertz CT molecular complexity index is 202. The van der Waals surface area contributed by atoms with Crippen LogP contribution in [-0.4, -0.2) is 31.1 Å². The zero-order chi connectivity index (χ0) is 15.3. The quantitative estimate of drug-likeness (QED) is 0.463. The van der Waals surface area contributed by atoms with Gasteiger partial charge in [-0.3, -0.25) is 0 Å². The lowest BCUT2D eigenvalue weighted by molar-refractivity contribution is 0.179. The zero-order valence-corrected chi connectivity index (χ0v) is 14.7. The summed E-state index contributed by atoms with van der Waals surface area (Å²) >= 11 is 0. The lowest BCUT2D eigenvalue weighted by Gasteiger charge is -2.31. The number of nitrogens with zero attached hydrogens (tertiary/aromatic N) is 1. The van der Waals surface area contributed by atoms with Gasteiger partial charge in [-0.15, -0.1) is 0 Å². The van der Waals surface area contributed by atoms with Crippen molar-refractivity contribution in [3.05, 3.63) is 0 Å². The molecule has 0 fully saturated rings. The second-order valence-corrected chi connectivity index (χ2v) is 7.12. The molecule has 0 radical (unpaired) electrons. The first-order valence-electron chi connectivity index (χ1n) is 8.98. The molecule has 0 amide bonds. The Morgan fingerprint density at radius 2 is 1.30 bits per heavy atom. The number of hydrogen-bond acceptors (Lipinski definition) is 2. The first-order chi connectivity index (χ1) is 9.55. The van der Waals surface area contributed by atoms with Gasteiger partial charge in [-0.05, 0) is 37.9 Å². The summed E-state index contributed by atoms with van der Waals surface area (Å²) in [4.78, 5) is 2.62. The largest absolute Gasteiger partial charge is 0.330 e. The number of rotatable bonds is 14. The highest BCUT2D eigenvalue weighted by atomic mass is 15.1. The van der Waals surface area contributed by atoms with E-state index in [-0.39, 0.29) is 5.41 Å². The summed E-state index contributed by atoms with van der Waals surface area (Å²) in [5.41, 5.74) is 6.12. The van der Waals surface area contributed by atoms with Gasteiger partial charge in [-0.25, -0.2) is 0 Å². The van der Waals surface area contributed by atoms with Gasteiger partial charge in [0.1, 0.15) is 0 Å². The fraction of sp³-hybridized carbons (Fsp3) is 1.00. The van der Waals surface area contributed by atoms with E-state index in [1.807, 2.05) is 0 Å². The van der Waals surface area contributed by atoms with E-state index in [0.29, 0.717) is 0 Å². The lowest BCUT2D eigenvalue weighted by Crippen LogP contribution is -2.39. The van der Waals surface area contributed by atoms with Crippen molar-refractivity contribution >= 4 is 0 Å². The molecule has 0 bridgehead atoms. The van der Waals surface area contributed by atoms with Crippen LogP contribution in [0.4, 0.5) is 0 Å². The van der Waals surface area contributed by atoms with Crippen LogP contribution in [-0.2, 0) is 0 Å². The van der Waals surface area contributed by atoms with Gasteiger partial charge in [0.2, 0.25) is 0 Å². The van der Waals surface area contributed by atoms with Gasteiger partial charge in [-0.1, -0.05) is 72.6 Å². The topological polar surface area (TPSA) is 29.3 Å². The van der Waals surface area contributed by atoms with Crippen molar-refractivity contribution < 1.29 is 0 Å². The van der Waals surface area contributed by atoms with Crippen LogP contribution in [0.15, 0.2) is 0 Å². The Kier molecular flexibility index (Phi) is 12.6. The van der Waals surface area contributed by atoms with Gasteiger partial charge in [0.05, 0.1) is 0 Å². The molecule has 0 aliphatic carbocycles. The third-order valence-electron chi connectivity index (χ3n) is 4.07. The van der Waals surface area contributed by atoms with Crippen LogP contribution in [0.2, 0.25) is 0 Å². The summed E-state index contributed by atoms with van der Waals surface area (Å²) in [5.74, 6) is 0. The number of unbranched alkanes of at least 4 members (excludes halogenated alkanes) is 7. The number of nitrogens with two attached hydrogens (primary N) is 1. The van der Waals surface area contributed by atoms with Crippen molar-refractivity contribution in [3.8, 4) is 0 Å². The molecule has 0 saturated carbocycles. The minimum absolute atomic E-state index is 0.259. The maximum absolute atomic E-state index is 5.86. The Hall–Kier alpha value is -0.0800. The Balaban J connectivity index is 3.65. The van der Waals surface area contributed by atoms with Crippen molar-refractivity contribution in [1.29, 1.82) is 0 Å². The van der Waals surface area contributed by atoms with Gasteiger partial charge in [0.15, 0.2) is 0 Å². The summed E-state index contributed by atoms with van der Waals surface area (Å²) in [6.45, 7) is 13.5. The van der Waals surface area contributed by atoms with Crippen LogP contribution < -0.4 is 5.73 Å². The Morgan fingerprint density at radius 3 is 1.80 bits per heavy atom. The van der Waals surface area contributed by atoms with Crippen LogP contribution in [0.3, 0.4) is 0 Å². The molecule has 2 nitrogen and oxygen atoms in total. The van der Waals surface area contributed by atoms with Crippen LogP contribution in [0.5, 0.6) is 0 Å². The third kappa shape index (κ3) is 11.7. The SMILES string of the molecule is CCCCCCCCCCN(CCC)CC(C)(C)CN. The molecule has 0 saturated heterocycles. The average molecular weight is 285 g/mol. The molecule has 0 aromatic heterocycles. The van der Waals surface area contributed by atoms with Crippen molar-refractivity contribution in [3.63, 3.8) is 0 Å². The molecular formula is C18H40N2. The van der Waals surface area contributed by atoms with Crippen molar-refractivity contribution in [2.45, 2.75) is 85.5 Å². The van der Waals surface area contributed by atoms with Crippen LogP contribution in [0.1, 0.15) is 85.5 Å². The molecule has 0 aromatic carbocycles. The predicted molar refractivity (Wildman–Crippen MR) is 92.2 cm³/mol. The van der Waals surface area contributed by atoms with E-state index >= 15 is 0 Å². The maximum atomic E-state index is 5.86. The van der Waals surface area contributed by atoms with Crippen LogP contribution >= 0.6 is 0 Å². The summed E-state index contributed by atoms with van der Waals surface area (Å²) in [6.07, 6.45) is 12.5. The summed E-state index contributed by atoms with van der Waals surface area (Å²) < 4.78 is 0. The summed E-state index contributed by atoms with van der Waals surface area (Å²) in [6, 6.07) is 0. The Labute approximate surface area is 128 Å². The summed E-state index contributed by atoms with van der Waals surface area (Å²) in [7, 11) is 0. The molecule has 122 valence electrons. The minimum Gasteiger partial charge on any atom is -0.330 e. The highest BCUT2D eigenvalue weighted by Gasteiger charge is 2.19. The first-order valence-corrected chi connectivity index (χ1v) is 8.98. The highest BCUT2D eigenvalue weighted by molar-refractivity contribution is 4.74. The van der Waals surface area contributed by atoms with Crippen LogP contribution in [0.25, 0.3) is 0 Å². The second-order valence-electron chi connectivity index (χ2n) is 7.12. The zero-order valence-electron chi connectivity index (χ0n) is 14.7. The Morgan fingerprint density at radius 1 is 0.750 bits per heavy atom. The lowest BCUT2D eigenvalue weighted by atomic mass is 9.93. The smallest absolute Gasteiger partial charge is 0.00447 e. The molecule has 2 heteroatoms. The molecule has 0 rings (SSSR count). The standard InChI is InChI=1S/C18H40N2/c1-5-7-8-9-10-11-12-13-15-20(14-6-2)17-18(3,4)16-19/h5-17,19H2,1-4H3. The molecule has 0 heterocycles. The number of hydrogen-bond donors (Lipinski definition) is 1. The molecule has 0 unspecified atom stereocenters. The van der Waals surface area contributed by atoms with Crippen LogP contribution in [0, 0.1) is 5.41 Å². The van der Waals surface area contributed by atoms with Crippen molar-refractivity contribution in [2.24, 2.45) is 11.1 Å². The normalized spacial score (nSPS) is 12.3. The van der Waals surface area contributed by atoms with Gasteiger partial charge in [0.25, 0.3) is 0 Å². The average Bonchev–Trinajstić information content (AvgIpc) is 2.41. The van der Waals surface area contributed by atoms with E-state index in [9.17, 15) is 0 Å². The molecule has 0 aromatic rings. The van der Waals surface area contributed by atoms with Gasteiger partial charge in [0, 0.05) is 6.54 Å². The molecule has 0 aliphatic heterocycles. The molecule has 0 atom stereocenters. The van der Waals surface area contributed by atoms with E-state index in [1.54, 1.807) is 0 Å². The van der Waals surface area contributed by atoms with E-state index < -0.39 is 0 Å². The minimum atomic E-state index is 0.259. The monoisotopic (exact) mass is 284 g/mol. The van der Waals surface area contributed by atoms with Crippen molar-refractivity contribution in [1.82, 2.24) is 4.90 Å². The van der Waals surface area contributed by atoms with Gasteiger partial charge < -0.3 is 10.6 Å². The fourth-order valence-electron chi connectivity index (χ4n) is 2.73. The molecule has 0 spiro atoms. The molecule has 20 heavy (non-hydrogen) atoms. The van der Waals surface area contributed by atoms with E-state index in [2.05, 4.69) is 32.6 Å². The third-order valence-corrected chi connectivity index (χ3v) is 4.07. The second kappa shape index (κ2) is 12.6. The predicted octanol–water partition coefficient (Wildman–Crippen LogP) is 4.82. The van der Waals surface area contributed by atoms with Gasteiger partial charge >= 0.3 is 0 Å². The van der Waals surface area contributed by atoms with E-state index in [1.165, 1.54) is 70.9 Å².